The number of fused-ring (bicyclic) bond motifs is 3. The molecule has 2 unspecified atom stereocenters. The molecular weight excluding hydrogens is 292 g/mol. The van der Waals surface area contributed by atoms with E-state index in [1.807, 2.05) is 0 Å². The molecule has 6 nitrogen and oxygen atoms in total. The minimum absolute atomic E-state index is 0.149. The summed E-state index contributed by atoms with van der Waals surface area (Å²) in [5, 5.41) is 3.50. The quantitative estimate of drug-likeness (QED) is 0.880. The summed E-state index contributed by atoms with van der Waals surface area (Å²) in [4.78, 5) is 0.282. The molecule has 2 bridgehead atoms. The Balaban J connectivity index is 1.63. The molecule has 7 heteroatoms. The van der Waals surface area contributed by atoms with Crippen molar-refractivity contribution >= 4 is 10.0 Å². The lowest BCUT2D eigenvalue weighted by Crippen LogP contribution is -2.39. The van der Waals surface area contributed by atoms with Crippen molar-refractivity contribution in [1.82, 2.24) is 9.62 Å². The van der Waals surface area contributed by atoms with Crippen LogP contribution in [0.2, 0.25) is 0 Å². The Morgan fingerprint density at radius 2 is 1.90 bits per heavy atom. The van der Waals surface area contributed by atoms with Gasteiger partial charge in [-0.2, -0.15) is 4.31 Å². The van der Waals surface area contributed by atoms with Crippen molar-refractivity contribution in [2.75, 3.05) is 19.9 Å². The van der Waals surface area contributed by atoms with Gasteiger partial charge in [-0.1, -0.05) is 0 Å². The summed E-state index contributed by atoms with van der Waals surface area (Å²) in [6.07, 6.45) is 3.08. The first-order valence-corrected chi connectivity index (χ1v) is 8.73. The van der Waals surface area contributed by atoms with E-state index in [2.05, 4.69) is 5.32 Å². The maximum absolute atomic E-state index is 12.8. The van der Waals surface area contributed by atoms with Crippen molar-refractivity contribution in [3.05, 3.63) is 18.2 Å². The fraction of sp³-hybridized carbons (Fsp3) is 0.571. The van der Waals surface area contributed by atoms with E-state index in [0.717, 1.165) is 19.3 Å². The fourth-order valence-electron chi connectivity index (χ4n) is 3.32. The van der Waals surface area contributed by atoms with Crippen molar-refractivity contribution in [3.63, 3.8) is 0 Å². The molecule has 0 spiro atoms. The standard InChI is InChI=1S/C14H18N2O4S/c17-21(18,12-3-4-13-14(7-12)20-9-19-13)16-6-5-10-1-2-11(8-16)15-10/h3-4,7,10-11,15H,1-2,5-6,8-9H2. The molecule has 1 N–H and O–H groups in total. The van der Waals surface area contributed by atoms with Crippen molar-refractivity contribution in [2.45, 2.75) is 36.2 Å². The van der Waals surface area contributed by atoms with E-state index in [0.29, 0.717) is 30.6 Å². The van der Waals surface area contributed by atoms with Gasteiger partial charge in [0, 0.05) is 31.2 Å². The molecule has 0 amide bonds. The Morgan fingerprint density at radius 1 is 1.10 bits per heavy atom. The molecule has 4 rings (SSSR count). The van der Waals surface area contributed by atoms with Crippen LogP contribution in [0.25, 0.3) is 0 Å². The predicted octanol–water partition coefficient (Wildman–Crippen LogP) is 0.930. The van der Waals surface area contributed by atoms with Crippen LogP contribution in [-0.2, 0) is 10.0 Å². The molecule has 0 aromatic heterocycles. The van der Waals surface area contributed by atoms with Gasteiger partial charge in [-0.3, -0.25) is 0 Å². The number of rotatable bonds is 2. The average molecular weight is 310 g/mol. The highest BCUT2D eigenvalue weighted by atomic mass is 32.2. The molecule has 21 heavy (non-hydrogen) atoms. The van der Waals surface area contributed by atoms with Gasteiger partial charge in [0.25, 0.3) is 0 Å². The summed E-state index contributed by atoms with van der Waals surface area (Å²) in [7, 11) is -3.47. The highest BCUT2D eigenvalue weighted by Crippen LogP contribution is 2.35. The van der Waals surface area contributed by atoms with Crippen LogP contribution in [0.4, 0.5) is 0 Å². The molecule has 2 atom stereocenters. The van der Waals surface area contributed by atoms with Gasteiger partial charge in [-0.15, -0.1) is 0 Å². The maximum atomic E-state index is 12.8. The second-order valence-corrected chi connectivity index (χ2v) is 7.74. The number of sulfonamides is 1. The molecule has 0 radical (unpaired) electrons. The maximum Gasteiger partial charge on any atom is 0.243 e. The van der Waals surface area contributed by atoms with E-state index in [9.17, 15) is 8.42 Å². The lowest BCUT2D eigenvalue weighted by Gasteiger charge is -2.23. The number of nitrogens with zero attached hydrogens (tertiary/aromatic N) is 1. The summed E-state index contributed by atoms with van der Waals surface area (Å²) in [6, 6.07) is 5.57. The number of hydrogen-bond acceptors (Lipinski definition) is 5. The first kappa shape index (κ1) is 13.4. The second kappa shape index (κ2) is 4.86. The molecule has 3 heterocycles. The van der Waals surface area contributed by atoms with Gasteiger partial charge in [-0.05, 0) is 31.4 Å². The lowest BCUT2D eigenvalue weighted by molar-refractivity contribution is 0.174. The number of hydrogen-bond donors (Lipinski definition) is 1. The number of nitrogens with one attached hydrogen (secondary N) is 1. The molecular formula is C14H18N2O4S. The minimum atomic E-state index is -3.47. The molecule has 2 saturated heterocycles. The first-order chi connectivity index (χ1) is 10.1. The van der Waals surface area contributed by atoms with Gasteiger partial charge in [0.15, 0.2) is 11.5 Å². The largest absolute Gasteiger partial charge is 0.454 e. The van der Waals surface area contributed by atoms with Gasteiger partial charge in [-0.25, -0.2) is 8.42 Å². The van der Waals surface area contributed by atoms with Gasteiger partial charge < -0.3 is 14.8 Å². The van der Waals surface area contributed by atoms with Crippen molar-refractivity contribution in [2.24, 2.45) is 0 Å². The summed E-state index contributed by atoms with van der Waals surface area (Å²) < 4.78 is 37.7. The summed E-state index contributed by atoms with van der Waals surface area (Å²) in [5.74, 6) is 1.11. The topological polar surface area (TPSA) is 67.9 Å². The zero-order valence-electron chi connectivity index (χ0n) is 11.6. The minimum Gasteiger partial charge on any atom is -0.454 e. The van der Waals surface area contributed by atoms with Crippen molar-refractivity contribution in [3.8, 4) is 11.5 Å². The molecule has 3 aliphatic rings. The second-order valence-electron chi connectivity index (χ2n) is 5.80. The Kier molecular flexibility index (Phi) is 3.09. The zero-order chi connectivity index (χ0) is 14.4. The molecule has 0 saturated carbocycles. The smallest absolute Gasteiger partial charge is 0.243 e. The van der Waals surface area contributed by atoms with Crippen molar-refractivity contribution < 1.29 is 17.9 Å². The van der Waals surface area contributed by atoms with E-state index in [1.165, 1.54) is 0 Å². The van der Waals surface area contributed by atoms with Gasteiger partial charge in [0.2, 0.25) is 16.8 Å². The van der Waals surface area contributed by atoms with Gasteiger partial charge >= 0.3 is 0 Å². The zero-order valence-corrected chi connectivity index (χ0v) is 12.4. The highest BCUT2D eigenvalue weighted by Gasteiger charge is 2.35. The van der Waals surface area contributed by atoms with Crippen LogP contribution in [0.1, 0.15) is 19.3 Å². The Hall–Kier alpha value is -1.31. The third kappa shape index (κ3) is 2.29. The summed E-state index contributed by atoms with van der Waals surface area (Å²) in [5.41, 5.74) is 0. The van der Waals surface area contributed by atoms with E-state index in [-0.39, 0.29) is 17.7 Å². The molecule has 114 valence electrons. The Labute approximate surface area is 124 Å². The Morgan fingerprint density at radius 3 is 2.81 bits per heavy atom. The van der Waals surface area contributed by atoms with Crippen molar-refractivity contribution in [1.29, 1.82) is 0 Å². The monoisotopic (exact) mass is 310 g/mol. The molecule has 1 aromatic rings. The average Bonchev–Trinajstić information content (AvgIpc) is 3.03. The lowest BCUT2D eigenvalue weighted by atomic mass is 10.1. The third-order valence-corrected chi connectivity index (χ3v) is 6.33. The number of ether oxygens (including phenoxy) is 2. The number of benzene rings is 1. The van der Waals surface area contributed by atoms with Crippen LogP contribution < -0.4 is 14.8 Å². The van der Waals surface area contributed by atoms with E-state index in [1.54, 1.807) is 22.5 Å². The predicted molar refractivity (Wildman–Crippen MR) is 75.9 cm³/mol. The normalized spacial score (nSPS) is 28.6. The SMILES string of the molecule is O=S(=O)(c1ccc2c(c1)OCO2)N1CCC2CCC(C1)N2. The highest BCUT2D eigenvalue weighted by molar-refractivity contribution is 7.89. The van der Waals surface area contributed by atoms with Crippen LogP contribution in [0, 0.1) is 0 Å². The Bertz CT molecular complexity index is 661. The molecule has 1 aromatic carbocycles. The van der Waals surface area contributed by atoms with Crippen LogP contribution in [-0.4, -0.2) is 44.7 Å². The molecule has 2 fully saturated rings. The fourth-order valence-corrected chi connectivity index (χ4v) is 4.83. The van der Waals surface area contributed by atoms with Crippen LogP contribution in [0.15, 0.2) is 23.1 Å². The van der Waals surface area contributed by atoms with Gasteiger partial charge in [0.05, 0.1) is 4.90 Å². The molecule has 3 aliphatic heterocycles. The van der Waals surface area contributed by atoms with E-state index in [4.69, 9.17) is 9.47 Å². The summed E-state index contributed by atoms with van der Waals surface area (Å²) >= 11 is 0. The van der Waals surface area contributed by atoms with E-state index < -0.39 is 10.0 Å². The first-order valence-electron chi connectivity index (χ1n) is 7.29. The third-order valence-electron chi connectivity index (χ3n) is 4.47. The van der Waals surface area contributed by atoms with Crippen LogP contribution in [0.3, 0.4) is 0 Å². The van der Waals surface area contributed by atoms with E-state index >= 15 is 0 Å². The molecule has 0 aliphatic carbocycles. The van der Waals surface area contributed by atoms with Crippen LogP contribution in [0.5, 0.6) is 11.5 Å². The summed E-state index contributed by atoms with van der Waals surface area (Å²) in [6.45, 7) is 1.27. The van der Waals surface area contributed by atoms with Crippen LogP contribution >= 0.6 is 0 Å². The van der Waals surface area contributed by atoms with Gasteiger partial charge in [0.1, 0.15) is 0 Å².